The number of hydrogen-bond donors (Lipinski definition) is 0. The number of halogens is 1. The molecular weight excluding hydrogens is 268 g/mol. The third kappa shape index (κ3) is 1.99. The molecule has 18 heavy (non-hydrogen) atoms. The van der Waals surface area contributed by atoms with Gasteiger partial charge >= 0.3 is 0 Å². The minimum atomic E-state index is -0.146. The summed E-state index contributed by atoms with van der Waals surface area (Å²) in [5, 5.41) is 2.70. The van der Waals surface area contributed by atoms with Crippen molar-refractivity contribution in [3.05, 3.63) is 56.2 Å². The van der Waals surface area contributed by atoms with Gasteiger partial charge in [0.2, 0.25) is 0 Å². The van der Waals surface area contributed by atoms with Gasteiger partial charge in [-0.1, -0.05) is 23.7 Å². The number of carbonyl (C=O) groups excluding carboxylic acids is 1. The number of benzene rings is 1. The lowest BCUT2D eigenvalue weighted by Crippen LogP contribution is -2.17. The van der Waals surface area contributed by atoms with Gasteiger partial charge in [-0.25, -0.2) is 0 Å². The Bertz CT molecular complexity index is 591. The maximum absolute atomic E-state index is 10.8. The number of fused-ring (bicyclic) bond motifs is 1. The molecule has 0 amide bonds. The fourth-order valence-corrected chi connectivity index (χ4v) is 3.31. The molecule has 0 aliphatic carbocycles. The van der Waals surface area contributed by atoms with Crippen molar-refractivity contribution in [3.8, 4) is 0 Å². The van der Waals surface area contributed by atoms with E-state index in [2.05, 4.69) is 6.07 Å². The van der Waals surface area contributed by atoms with Crippen LogP contribution < -0.4 is 0 Å². The molecule has 1 unspecified atom stereocenters. The van der Waals surface area contributed by atoms with E-state index in [0.29, 0.717) is 11.5 Å². The SMILES string of the molecule is O=Cc1cc(C2OCCc3cccc(Cl)c32)cs1. The zero-order valence-corrected chi connectivity index (χ0v) is 11.1. The van der Waals surface area contributed by atoms with Gasteiger partial charge in [0, 0.05) is 10.6 Å². The molecule has 0 bridgehead atoms. The molecule has 2 nitrogen and oxygen atoms in total. The summed E-state index contributed by atoms with van der Waals surface area (Å²) in [5.74, 6) is 0. The summed E-state index contributed by atoms with van der Waals surface area (Å²) in [6, 6.07) is 7.81. The lowest BCUT2D eigenvalue weighted by molar-refractivity contribution is 0.0702. The smallest absolute Gasteiger partial charge is 0.160 e. The van der Waals surface area contributed by atoms with Gasteiger partial charge in [-0.3, -0.25) is 4.79 Å². The van der Waals surface area contributed by atoms with Crippen molar-refractivity contribution in [2.75, 3.05) is 6.61 Å². The molecule has 0 radical (unpaired) electrons. The van der Waals surface area contributed by atoms with Gasteiger partial charge in [0.1, 0.15) is 6.10 Å². The van der Waals surface area contributed by atoms with Crippen LogP contribution in [0.25, 0.3) is 0 Å². The third-order valence-electron chi connectivity index (χ3n) is 3.12. The van der Waals surface area contributed by atoms with Gasteiger partial charge in [-0.15, -0.1) is 11.3 Å². The molecule has 1 aromatic heterocycles. The maximum Gasteiger partial charge on any atom is 0.160 e. The first-order chi connectivity index (χ1) is 8.79. The number of ether oxygens (including phenoxy) is 1. The number of rotatable bonds is 2. The minimum absolute atomic E-state index is 0.146. The quantitative estimate of drug-likeness (QED) is 0.780. The summed E-state index contributed by atoms with van der Waals surface area (Å²) in [7, 11) is 0. The second-order valence-corrected chi connectivity index (χ2v) is 5.56. The van der Waals surface area contributed by atoms with Crippen LogP contribution in [0.5, 0.6) is 0 Å². The van der Waals surface area contributed by atoms with Crippen LogP contribution in [0, 0.1) is 0 Å². The van der Waals surface area contributed by atoms with Crippen molar-refractivity contribution in [2.24, 2.45) is 0 Å². The highest BCUT2D eigenvalue weighted by Gasteiger charge is 2.25. The van der Waals surface area contributed by atoms with E-state index in [1.807, 2.05) is 23.6 Å². The Balaban J connectivity index is 2.08. The van der Waals surface area contributed by atoms with Crippen LogP contribution in [0.4, 0.5) is 0 Å². The fourth-order valence-electron chi connectivity index (χ4n) is 2.29. The summed E-state index contributed by atoms with van der Waals surface area (Å²) in [6.45, 7) is 0.685. The molecule has 1 aromatic carbocycles. The minimum Gasteiger partial charge on any atom is -0.368 e. The molecular formula is C14H11ClO2S. The molecule has 3 rings (SSSR count). The van der Waals surface area contributed by atoms with Crippen LogP contribution in [-0.4, -0.2) is 12.9 Å². The molecule has 1 aliphatic rings. The Kier molecular flexibility index (Phi) is 3.20. The molecule has 1 aliphatic heterocycles. The van der Waals surface area contributed by atoms with Crippen molar-refractivity contribution in [2.45, 2.75) is 12.5 Å². The first-order valence-electron chi connectivity index (χ1n) is 5.72. The standard InChI is InChI=1S/C14H11ClO2S/c15-12-3-1-2-9-4-5-17-14(13(9)12)10-6-11(7-16)18-8-10/h1-3,6-8,14H,4-5H2. The van der Waals surface area contributed by atoms with Gasteiger partial charge < -0.3 is 4.74 Å². The predicted molar refractivity (Wildman–Crippen MR) is 72.7 cm³/mol. The van der Waals surface area contributed by atoms with Crippen LogP contribution in [0.2, 0.25) is 5.02 Å². The van der Waals surface area contributed by atoms with Gasteiger partial charge in [0.05, 0.1) is 11.5 Å². The normalized spacial score (nSPS) is 18.4. The highest BCUT2D eigenvalue weighted by Crippen LogP contribution is 2.38. The molecule has 92 valence electrons. The van der Waals surface area contributed by atoms with E-state index in [0.717, 1.165) is 28.9 Å². The maximum atomic E-state index is 10.8. The average molecular weight is 279 g/mol. The number of aldehydes is 1. The molecule has 2 aromatic rings. The summed E-state index contributed by atoms with van der Waals surface area (Å²) < 4.78 is 5.84. The van der Waals surface area contributed by atoms with E-state index in [1.165, 1.54) is 16.9 Å². The summed E-state index contributed by atoms with van der Waals surface area (Å²) in [6.07, 6.45) is 1.61. The highest BCUT2D eigenvalue weighted by molar-refractivity contribution is 7.11. The van der Waals surface area contributed by atoms with Gasteiger partial charge in [0.15, 0.2) is 6.29 Å². The van der Waals surface area contributed by atoms with Crippen LogP contribution >= 0.6 is 22.9 Å². The van der Waals surface area contributed by atoms with Gasteiger partial charge in [-0.2, -0.15) is 0 Å². The molecule has 0 fully saturated rings. The number of hydrogen-bond acceptors (Lipinski definition) is 3. The fraction of sp³-hybridized carbons (Fsp3) is 0.214. The van der Waals surface area contributed by atoms with E-state index in [9.17, 15) is 4.79 Å². The highest BCUT2D eigenvalue weighted by atomic mass is 35.5. The second-order valence-electron chi connectivity index (χ2n) is 4.21. The largest absolute Gasteiger partial charge is 0.368 e. The first-order valence-corrected chi connectivity index (χ1v) is 6.98. The van der Waals surface area contributed by atoms with Crippen LogP contribution in [0.1, 0.15) is 32.5 Å². The number of carbonyl (C=O) groups is 1. The van der Waals surface area contributed by atoms with Crippen LogP contribution in [-0.2, 0) is 11.2 Å². The van der Waals surface area contributed by atoms with Crippen molar-refractivity contribution in [1.29, 1.82) is 0 Å². The Morgan fingerprint density at radius 3 is 3.11 bits per heavy atom. The molecule has 4 heteroatoms. The summed E-state index contributed by atoms with van der Waals surface area (Å²) >= 11 is 7.71. The second kappa shape index (κ2) is 4.84. The lowest BCUT2D eigenvalue weighted by Gasteiger charge is -2.26. The zero-order chi connectivity index (χ0) is 12.5. The topological polar surface area (TPSA) is 26.3 Å². The molecule has 0 saturated heterocycles. The molecule has 0 N–H and O–H groups in total. The van der Waals surface area contributed by atoms with Crippen LogP contribution in [0.15, 0.2) is 29.6 Å². The third-order valence-corrected chi connectivity index (χ3v) is 4.33. The first kappa shape index (κ1) is 11.9. The van der Waals surface area contributed by atoms with Crippen LogP contribution in [0.3, 0.4) is 0 Å². The summed E-state index contributed by atoms with van der Waals surface area (Å²) in [5.41, 5.74) is 3.29. The zero-order valence-electron chi connectivity index (χ0n) is 9.56. The average Bonchev–Trinajstić information content (AvgIpc) is 2.87. The Hall–Kier alpha value is -1.16. The lowest BCUT2D eigenvalue weighted by atomic mass is 9.94. The molecule has 0 spiro atoms. The summed E-state index contributed by atoms with van der Waals surface area (Å²) in [4.78, 5) is 11.5. The Morgan fingerprint density at radius 1 is 1.44 bits per heavy atom. The Labute approximate surface area is 114 Å². The van der Waals surface area contributed by atoms with E-state index in [1.54, 1.807) is 0 Å². The molecule has 1 atom stereocenters. The monoisotopic (exact) mass is 278 g/mol. The van der Waals surface area contributed by atoms with Crippen molar-refractivity contribution >= 4 is 29.2 Å². The molecule has 2 heterocycles. The van der Waals surface area contributed by atoms with Crippen molar-refractivity contribution < 1.29 is 9.53 Å². The van der Waals surface area contributed by atoms with E-state index in [-0.39, 0.29) is 6.10 Å². The van der Waals surface area contributed by atoms with E-state index in [4.69, 9.17) is 16.3 Å². The van der Waals surface area contributed by atoms with Gasteiger partial charge in [0.25, 0.3) is 0 Å². The van der Waals surface area contributed by atoms with Crippen molar-refractivity contribution in [3.63, 3.8) is 0 Å². The predicted octanol–water partition coefficient (Wildman–Crippen LogP) is 3.88. The van der Waals surface area contributed by atoms with Gasteiger partial charge in [-0.05, 0) is 35.1 Å². The number of thiophene rings is 1. The van der Waals surface area contributed by atoms with Crippen molar-refractivity contribution in [1.82, 2.24) is 0 Å². The van der Waals surface area contributed by atoms with E-state index >= 15 is 0 Å². The molecule has 0 saturated carbocycles. The van der Waals surface area contributed by atoms with E-state index < -0.39 is 0 Å². The Morgan fingerprint density at radius 2 is 2.33 bits per heavy atom.